The molecule has 19 heavy (non-hydrogen) atoms. The zero-order valence-electron chi connectivity index (χ0n) is 10.3. The molecule has 3 heteroatoms. The number of aromatic amines is 1. The Balaban J connectivity index is 1.86. The summed E-state index contributed by atoms with van der Waals surface area (Å²) >= 11 is 0. The third-order valence-corrected chi connectivity index (χ3v) is 3.00. The first kappa shape index (κ1) is 11.5. The van der Waals surface area contributed by atoms with E-state index in [0.717, 1.165) is 10.9 Å². The van der Waals surface area contributed by atoms with Gasteiger partial charge in [0.2, 0.25) is 0 Å². The average molecular weight is 251 g/mol. The zero-order chi connectivity index (χ0) is 13.1. The van der Waals surface area contributed by atoms with Crippen molar-refractivity contribution >= 4 is 10.8 Å². The van der Waals surface area contributed by atoms with Gasteiger partial charge in [0, 0.05) is 6.20 Å². The topological polar surface area (TPSA) is 42.1 Å². The molecule has 3 aromatic rings. The van der Waals surface area contributed by atoms with Gasteiger partial charge in [-0.3, -0.25) is 4.79 Å². The highest BCUT2D eigenvalue weighted by atomic mass is 16.5. The second-order valence-corrected chi connectivity index (χ2v) is 4.33. The van der Waals surface area contributed by atoms with E-state index in [1.165, 1.54) is 0 Å². The first-order valence-electron chi connectivity index (χ1n) is 6.11. The molecule has 3 nitrogen and oxygen atoms in total. The van der Waals surface area contributed by atoms with E-state index in [1.54, 1.807) is 12.3 Å². The second kappa shape index (κ2) is 4.98. The van der Waals surface area contributed by atoms with Crippen LogP contribution in [-0.4, -0.2) is 4.98 Å². The minimum absolute atomic E-state index is 0.0948. The van der Waals surface area contributed by atoms with Crippen LogP contribution in [0.2, 0.25) is 0 Å². The molecule has 1 aromatic heterocycles. The van der Waals surface area contributed by atoms with Gasteiger partial charge < -0.3 is 9.72 Å². The normalized spacial score (nSPS) is 10.5. The third kappa shape index (κ3) is 2.50. The van der Waals surface area contributed by atoms with Gasteiger partial charge in [0.25, 0.3) is 5.56 Å². The molecule has 0 fully saturated rings. The van der Waals surface area contributed by atoms with Crippen molar-refractivity contribution in [2.75, 3.05) is 0 Å². The molecular formula is C16H13NO2. The van der Waals surface area contributed by atoms with Crippen molar-refractivity contribution in [3.8, 4) is 5.75 Å². The zero-order valence-corrected chi connectivity index (χ0v) is 10.3. The highest BCUT2D eigenvalue weighted by Gasteiger charge is 2.01. The summed E-state index contributed by atoms with van der Waals surface area (Å²) < 4.78 is 5.70. The number of fused-ring (bicyclic) bond motifs is 1. The molecule has 0 atom stereocenters. The number of hydrogen-bond acceptors (Lipinski definition) is 2. The molecule has 0 spiro atoms. The summed E-state index contributed by atoms with van der Waals surface area (Å²) in [5.41, 5.74) is 1.01. The van der Waals surface area contributed by atoms with Crippen LogP contribution < -0.4 is 10.3 Å². The van der Waals surface area contributed by atoms with Gasteiger partial charge in [0.1, 0.15) is 12.4 Å². The first-order chi connectivity index (χ1) is 9.33. The van der Waals surface area contributed by atoms with Gasteiger partial charge in [0.05, 0.1) is 5.39 Å². The van der Waals surface area contributed by atoms with Crippen LogP contribution in [0, 0.1) is 0 Å². The SMILES string of the molecule is O=c1[nH]ccc2ccc(OCc3ccccc3)cc12. The van der Waals surface area contributed by atoms with Crippen molar-refractivity contribution in [3.05, 3.63) is 76.7 Å². The molecule has 1 heterocycles. The number of pyridine rings is 1. The van der Waals surface area contributed by atoms with Crippen LogP contribution >= 0.6 is 0 Å². The van der Waals surface area contributed by atoms with E-state index in [-0.39, 0.29) is 5.56 Å². The van der Waals surface area contributed by atoms with Gasteiger partial charge in [-0.15, -0.1) is 0 Å². The van der Waals surface area contributed by atoms with Crippen molar-refractivity contribution in [1.29, 1.82) is 0 Å². The fourth-order valence-electron chi connectivity index (χ4n) is 1.99. The van der Waals surface area contributed by atoms with E-state index in [2.05, 4.69) is 4.98 Å². The molecular weight excluding hydrogens is 238 g/mol. The van der Waals surface area contributed by atoms with E-state index in [1.807, 2.05) is 48.5 Å². The van der Waals surface area contributed by atoms with Crippen LogP contribution in [0.3, 0.4) is 0 Å². The summed E-state index contributed by atoms with van der Waals surface area (Å²) in [6.07, 6.45) is 1.65. The lowest BCUT2D eigenvalue weighted by Crippen LogP contribution is -2.04. The van der Waals surface area contributed by atoms with Gasteiger partial charge in [-0.1, -0.05) is 36.4 Å². The van der Waals surface area contributed by atoms with Gasteiger partial charge in [-0.2, -0.15) is 0 Å². The maximum Gasteiger partial charge on any atom is 0.255 e. The van der Waals surface area contributed by atoms with E-state index < -0.39 is 0 Å². The lowest BCUT2D eigenvalue weighted by Gasteiger charge is -2.07. The molecule has 3 rings (SSSR count). The van der Waals surface area contributed by atoms with E-state index >= 15 is 0 Å². The summed E-state index contributed by atoms with van der Waals surface area (Å²) in [6.45, 7) is 0.497. The highest BCUT2D eigenvalue weighted by molar-refractivity contribution is 5.82. The predicted molar refractivity (Wildman–Crippen MR) is 75.3 cm³/mol. The summed E-state index contributed by atoms with van der Waals surface area (Å²) in [7, 11) is 0. The van der Waals surface area contributed by atoms with Crippen LogP contribution in [0.25, 0.3) is 10.8 Å². The smallest absolute Gasteiger partial charge is 0.255 e. The van der Waals surface area contributed by atoms with E-state index in [9.17, 15) is 4.79 Å². The summed E-state index contributed by atoms with van der Waals surface area (Å²) in [5, 5.41) is 1.56. The van der Waals surface area contributed by atoms with Crippen molar-refractivity contribution in [2.45, 2.75) is 6.61 Å². The van der Waals surface area contributed by atoms with Gasteiger partial charge >= 0.3 is 0 Å². The lowest BCUT2D eigenvalue weighted by molar-refractivity contribution is 0.306. The number of aromatic nitrogens is 1. The Hall–Kier alpha value is -2.55. The fraction of sp³-hybridized carbons (Fsp3) is 0.0625. The van der Waals surface area contributed by atoms with Gasteiger partial charge in [0.15, 0.2) is 0 Å². The summed E-state index contributed by atoms with van der Waals surface area (Å²) in [5.74, 6) is 0.702. The second-order valence-electron chi connectivity index (χ2n) is 4.33. The van der Waals surface area contributed by atoms with Gasteiger partial charge in [-0.05, 0) is 29.1 Å². The molecule has 0 aliphatic heterocycles. The number of benzene rings is 2. The molecule has 0 amide bonds. The van der Waals surface area contributed by atoms with Crippen LogP contribution in [0.5, 0.6) is 5.75 Å². The molecule has 1 N–H and O–H groups in total. The largest absolute Gasteiger partial charge is 0.489 e. The summed E-state index contributed by atoms with van der Waals surface area (Å²) in [6, 6.07) is 17.4. The Morgan fingerprint density at radius 2 is 1.84 bits per heavy atom. The Kier molecular flexibility index (Phi) is 3.02. The highest BCUT2D eigenvalue weighted by Crippen LogP contribution is 2.18. The summed E-state index contributed by atoms with van der Waals surface area (Å²) in [4.78, 5) is 14.4. The molecule has 0 aliphatic rings. The predicted octanol–water partition coefficient (Wildman–Crippen LogP) is 3.11. The van der Waals surface area contributed by atoms with Crippen LogP contribution in [0.4, 0.5) is 0 Å². The number of hydrogen-bond donors (Lipinski definition) is 1. The fourth-order valence-corrected chi connectivity index (χ4v) is 1.99. The number of ether oxygens (including phenoxy) is 1. The molecule has 94 valence electrons. The molecule has 0 radical (unpaired) electrons. The van der Waals surface area contributed by atoms with Crippen molar-refractivity contribution in [2.24, 2.45) is 0 Å². The Labute approximate surface area is 110 Å². The quantitative estimate of drug-likeness (QED) is 0.777. The minimum Gasteiger partial charge on any atom is -0.489 e. The van der Waals surface area contributed by atoms with Gasteiger partial charge in [-0.25, -0.2) is 0 Å². The Morgan fingerprint density at radius 1 is 1.00 bits per heavy atom. The number of nitrogens with one attached hydrogen (secondary N) is 1. The Bertz CT molecular complexity index is 747. The number of H-pyrrole nitrogens is 1. The standard InChI is InChI=1S/C16H13NO2/c18-16-15-10-14(7-6-13(15)8-9-17-16)19-11-12-4-2-1-3-5-12/h1-10H,11H2,(H,17,18). The molecule has 2 aromatic carbocycles. The van der Waals surface area contributed by atoms with Crippen LogP contribution in [-0.2, 0) is 6.61 Å². The van der Waals surface area contributed by atoms with Crippen molar-refractivity contribution in [1.82, 2.24) is 4.98 Å². The monoisotopic (exact) mass is 251 g/mol. The minimum atomic E-state index is -0.0948. The first-order valence-corrected chi connectivity index (χ1v) is 6.11. The molecule has 0 bridgehead atoms. The molecule has 0 saturated carbocycles. The van der Waals surface area contributed by atoms with Crippen LogP contribution in [0.15, 0.2) is 65.6 Å². The number of rotatable bonds is 3. The third-order valence-electron chi connectivity index (χ3n) is 3.00. The maximum absolute atomic E-state index is 11.7. The van der Waals surface area contributed by atoms with Crippen LogP contribution in [0.1, 0.15) is 5.56 Å². The Morgan fingerprint density at radius 3 is 2.68 bits per heavy atom. The molecule has 0 saturated heterocycles. The van der Waals surface area contributed by atoms with Crippen molar-refractivity contribution in [3.63, 3.8) is 0 Å². The lowest BCUT2D eigenvalue weighted by atomic mass is 10.1. The van der Waals surface area contributed by atoms with E-state index in [4.69, 9.17) is 4.74 Å². The molecule has 0 unspecified atom stereocenters. The maximum atomic E-state index is 11.7. The van der Waals surface area contributed by atoms with Crippen molar-refractivity contribution < 1.29 is 4.74 Å². The van der Waals surface area contributed by atoms with E-state index in [0.29, 0.717) is 17.7 Å². The average Bonchev–Trinajstić information content (AvgIpc) is 2.47. The molecule has 0 aliphatic carbocycles.